The van der Waals surface area contributed by atoms with Gasteiger partial charge in [0.05, 0.1) is 5.39 Å². The van der Waals surface area contributed by atoms with Crippen LogP contribution >= 0.6 is 11.3 Å². The number of H-pyrrole nitrogens is 1. The van der Waals surface area contributed by atoms with Gasteiger partial charge in [-0.3, -0.25) is 5.32 Å². The molecule has 1 saturated heterocycles. The van der Waals surface area contributed by atoms with E-state index in [0.29, 0.717) is 11.0 Å². The number of rotatable bonds is 4. The van der Waals surface area contributed by atoms with Crippen LogP contribution in [-0.2, 0) is 0 Å². The zero-order chi connectivity index (χ0) is 20.3. The first kappa shape index (κ1) is 18.6. The van der Waals surface area contributed by atoms with E-state index in [1.165, 1.54) is 16.2 Å². The van der Waals surface area contributed by atoms with E-state index in [-0.39, 0.29) is 6.03 Å². The van der Waals surface area contributed by atoms with Gasteiger partial charge >= 0.3 is 6.03 Å². The van der Waals surface area contributed by atoms with E-state index in [1.807, 2.05) is 48.8 Å². The minimum absolute atomic E-state index is 0.289. The molecule has 5 rings (SSSR count). The molecule has 1 unspecified atom stereocenters. The average molecular weight is 420 g/mol. The fraction of sp³-hybridized carbons (Fsp3) is 0.238. The van der Waals surface area contributed by atoms with Crippen molar-refractivity contribution in [2.24, 2.45) is 0 Å². The van der Waals surface area contributed by atoms with Crippen LogP contribution in [0.3, 0.4) is 0 Å². The molecule has 8 nitrogen and oxygen atoms in total. The molecule has 3 N–H and O–H groups in total. The van der Waals surface area contributed by atoms with Crippen LogP contribution in [0.5, 0.6) is 0 Å². The molecule has 0 bridgehead atoms. The number of benzene rings is 1. The number of hydrogen-bond acceptors (Lipinski definition) is 6. The predicted octanol–water partition coefficient (Wildman–Crippen LogP) is 4.44. The summed E-state index contributed by atoms with van der Waals surface area (Å²) in [4.78, 5) is 32.1. The Hall–Kier alpha value is -3.46. The van der Waals surface area contributed by atoms with E-state index in [1.54, 1.807) is 6.33 Å². The number of urea groups is 1. The molecule has 0 spiro atoms. The number of nitrogens with one attached hydrogen (secondary N) is 3. The summed E-state index contributed by atoms with van der Waals surface area (Å²) in [5, 5.41) is 7.29. The van der Waals surface area contributed by atoms with Crippen molar-refractivity contribution in [1.29, 1.82) is 0 Å². The molecular weight excluding hydrogens is 398 g/mol. The molecule has 152 valence electrons. The van der Waals surface area contributed by atoms with E-state index < -0.39 is 0 Å². The van der Waals surface area contributed by atoms with Gasteiger partial charge < -0.3 is 15.2 Å². The van der Waals surface area contributed by atoms with Gasteiger partial charge in [-0.25, -0.2) is 19.7 Å². The van der Waals surface area contributed by atoms with E-state index in [9.17, 15) is 4.79 Å². The number of amides is 2. The number of carbonyl (C=O) groups excluding carboxylic acids is 1. The number of hydrogen-bond donors (Lipinski definition) is 3. The average Bonchev–Trinajstić information content (AvgIpc) is 3.44. The third kappa shape index (κ3) is 3.84. The smallest absolute Gasteiger partial charge is 0.325 e. The maximum atomic E-state index is 12.2. The van der Waals surface area contributed by atoms with Crippen molar-refractivity contribution in [2.45, 2.75) is 18.8 Å². The molecule has 0 aliphatic carbocycles. The Morgan fingerprint density at radius 3 is 2.93 bits per heavy atom. The Labute approximate surface area is 177 Å². The van der Waals surface area contributed by atoms with Gasteiger partial charge in [0.2, 0.25) is 0 Å². The monoisotopic (exact) mass is 419 g/mol. The third-order valence-electron chi connectivity index (χ3n) is 5.23. The van der Waals surface area contributed by atoms with Gasteiger partial charge in [-0.2, -0.15) is 0 Å². The summed E-state index contributed by atoms with van der Waals surface area (Å²) in [5.41, 5.74) is 1.60. The lowest BCUT2D eigenvalue weighted by Crippen LogP contribution is -2.34. The van der Waals surface area contributed by atoms with Gasteiger partial charge in [0.15, 0.2) is 5.13 Å². The topological polar surface area (TPSA) is 98.8 Å². The van der Waals surface area contributed by atoms with Crippen LogP contribution in [0.15, 0.2) is 55.1 Å². The summed E-state index contributed by atoms with van der Waals surface area (Å²) in [6.45, 7) is 1.84. The van der Waals surface area contributed by atoms with Crippen molar-refractivity contribution >= 4 is 45.0 Å². The maximum absolute atomic E-state index is 12.2. The number of piperidine rings is 1. The lowest BCUT2D eigenvalue weighted by Gasteiger charge is -2.33. The Balaban J connectivity index is 1.26. The highest BCUT2D eigenvalue weighted by Gasteiger charge is 2.25. The zero-order valence-corrected chi connectivity index (χ0v) is 17.0. The van der Waals surface area contributed by atoms with Gasteiger partial charge in [0.25, 0.3) is 0 Å². The van der Waals surface area contributed by atoms with Crippen LogP contribution in [0.4, 0.5) is 21.4 Å². The summed E-state index contributed by atoms with van der Waals surface area (Å²) in [6.07, 6.45) is 7.55. The second-order valence-corrected chi connectivity index (χ2v) is 8.30. The normalized spacial score (nSPS) is 16.5. The molecule has 1 atom stereocenters. The summed E-state index contributed by atoms with van der Waals surface area (Å²) in [5.74, 6) is 1.32. The SMILES string of the molecule is O=C(Nc1ccccc1)Nc1ncc(C2CCCN(c3ncnc4[nH]ccc34)C2)s1. The molecule has 4 aromatic rings. The minimum atomic E-state index is -0.289. The van der Waals surface area contributed by atoms with Crippen molar-refractivity contribution in [3.05, 3.63) is 60.0 Å². The number of aromatic amines is 1. The summed E-state index contributed by atoms with van der Waals surface area (Å²) in [7, 11) is 0. The molecule has 1 aromatic carbocycles. The van der Waals surface area contributed by atoms with Crippen LogP contribution in [0.2, 0.25) is 0 Å². The van der Waals surface area contributed by atoms with Crippen LogP contribution in [0.1, 0.15) is 23.6 Å². The largest absolute Gasteiger partial charge is 0.355 e. The lowest BCUT2D eigenvalue weighted by molar-refractivity contribution is 0.262. The van der Waals surface area contributed by atoms with Gasteiger partial charge in [-0.05, 0) is 31.0 Å². The number of para-hydroxylation sites is 1. The molecular formula is C21H21N7OS. The second kappa shape index (κ2) is 8.11. The van der Waals surface area contributed by atoms with Gasteiger partial charge in [0, 0.05) is 42.0 Å². The highest BCUT2D eigenvalue weighted by Crippen LogP contribution is 2.35. The fourth-order valence-corrected chi connectivity index (χ4v) is 4.76. The number of fused-ring (bicyclic) bond motifs is 1. The van der Waals surface area contributed by atoms with Gasteiger partial charge in [0.1, 0.15) is 17.8 Å². The molecule has 2 amide bonds. The van der Waals surface area contributed by atoms with Crippen LogP contribution < -0.4 is 15.5 Å². The number of nitrogens with zero attached hydrogens (tertiary/aromatic N) is 4. The van der Waals surface area contributed by atoms with Crippen molar-refractivity contribution in [1.82, 2.24) is 19.9 Å². The van der Waals surface area contributed by atoms with Crippen LogP contribution in [0, 0.1) is 0 Å². The minimum Gasteiger partial charge on any atom is -0.355 e. The Morgan fingerprint density at radius 2 is 2.03 bits per heavy atom. The molecule has 4 heterocycles. The molecule has 1 fully saturated rings. The van der Waals surface area contributed by atoms with E-state index in [0.717, 1.165) is 48.5 Å². The van der Waals surface area contributed by atoms with Gasteiger partial charge in [-0.1, -0.05) is 18.2 Å². The van der Waals surface area contributed by atoms with E-state index in [2.05, 4.69) is 35.5 Å². The summed E-state index contributed by atoms with van der Waals surface area (Å²) in [6, 6.07) is 11.1. The molecule has 3 aromatic heterocycles. The standard InChI is InChI=1S/C21H21N7OS/c29-20(26-15-6-2-1-3-7-15)27-21-23-11-17(30-21)14-5-4-10-28(12-14)19-16-8-9-22-18(16)24-13-25-19/h1-3,6-9,11,13-14H,4-5,10,12H2,(H,22,24,25)(H2,23,26,27,29). The second-order valence-electron chi connectivity index (χ2n) is 7.24. The number of aromatic nitrogens is 4. The Morgan fingerprint density at radius 1 is 1.13 bits per heavy atom. The molecule has 0 radical (unpaired) electrons. The van der Waals surface area contributed by atoms with Crippen molar-refractivity contribution in [3.63, 3.8) is 0 Å². The van der Waals surface area contributed by atoms with Crippen LogP contribution in [-0.4, -0.2) is 39.1 Å². The van der Waals surface area contributed by atoms with E-state index >= 15 is 0 Å². The lowest BCUT2D eigenvalue weighted by atomic mass is 9.97. The number of carbonyl (C=O) groups is 1. The van der Waals surface area contributed by atoms with Gasteiger partial charge in [-0.15, -0.1) is 11.3 Å². The number of thiazole rings is 1. The molecule has 9 heteroatoms. The zero-order valence-electron chi connectivity index (χ0n) is 16.2. The first-order valence-electron chi connectivity index (χ1n) is 9.88. The third-order valence-corrected chi connectivity index (χ3v) is 6.31. The fourth-order valence-electron chi connectivity index (χ4n) is 3.83. The van der Waals surface area contributed by atoms with E-state index in [4.69, 9.17) is 0 Å². The number of anilines is 3. The molecule has 1 aliphatic heterocycles. The van der Waals surface area contributed by atoms with Crippen LogP contribution in [0.25, 0.3) is 11.0 Å². The first-order valence-corrected chi connectivity index (χ1v) is 10.7. The summed E-state index contributed by atoms with van der Waals surface area (Å²) < 4.78 is 0. The Bertz CT molecular complexity index is 1160. The quantitative estimate of drug-likeness (QED) is 0.454. The summed E-state index contributed by atoms with van der Waals surface area (Å²) >= 11 is 1.53. The van der Waals surface area contributed by atoms with Crippen molar-refractivity contribution in [2.75, 3.05) is 28.6 Å². The molecule has 0 saturated carbocycles. The van der Waals surface area contributed by atoms with Crippen molar-refractivity contribution < 1.29 is 4.79 Å². The maximum Gasteiger partial charge on any atom is 0.325 e. The molecule has 30 heavy (non-hydrogen) atoms. The highest BCUT2D eigenvalue weighted by molar-refractivity contribution is 7.15. The Kier molecular flexibility index (Phi) is 5.02. The predicted molar refractivity (Wildman–Crippen MR) is 119 cm³/mol. The highest BCUT2D eigenvalue weighted by atomic mass is 32.1. The van der Waals surface area contributed by atoms with Crippen molar-refractivity contribution in [3.8, 4) is 0 Å². The molecule has 1 aliphatic rings. The first-order chi connectivity index (χ1) is 14.8.